The Kier molecular flexibility index (Phi) is 6.78. The molecule has 0 radical (unpaired) electrons. The van der Waals surface area contributed by atoms with Gasteiger partial charge in [0, 0.05) is 23.7 Å². The summed E-state index contributed by atoms with van der Waals surface area (Å²) in [7, 11) is 1.58. The average Bonchev–Trinajstić information content (AvgIpc) is 2.87. The van der Waals surface area contributed by atoms with Gasteiger partial charge in [-0.3, -0.25) is 4.79 Å². The lowest BCUT2D eigenvalue weighted by Crippen LogP contribution is -2.48. The maximum atomic E-state index is 12.6. The fourth-order valence-corrected chi connectivity index (χ4v) is 4.14. The van der Waals surface area contributed by atoms with Crippen LogP contribution < -0.4 is 20.1 Å². The van der Waals surface area contributed by atoms with Crippen molar-refractivity contribution in [3.63, 3.8) is 0 Å². The lowest BCUT2D eigenvalue weighted by atomic mass is 9.99. The first-order chi connectivity index (χ1) is 11.1. The number of methoxy groups -OCH3 is 1. The summed E-state index contributed by atoms with van der Waals surface area (Å²) in [5.41, 5.74) is 0.586. The number of ether oxygens (including phenoxy) is 2. The third-order valence-electron chi connectivity index (χ3n) is 4.59. The molecule has 2 aliphatic heterocycles. The van der Waals surface area contributed by atoms with Crippen LogP contribution in [0, 0.1) is 0 Å². The number of amides is 1. The van der Waals surface area contributed by atoms with Gasteiger partial charge in [-0.05, 0) is 60.7 Å². The third-order valence-corrected chi connectivity index (χ3v) is 5.18. The van der Waals surface area contributed by atoms with Crippen LogP contribution >= 0.6 is 28.3 Å². The summed E-state index contributed by atoms with van der Waals surface area (Å²) in [6, 6.07) is 4.89. The van der Waals surface area contributed by atoms with Gasteiger partial charge in [0.05, 0.1) is 18.2 Å². The number of hydrogen-bond donors (Lipinski definition) is 2. The molecule has 24 heavy (non-hydrogen) atoms. The van der Waals surface area contributed by atoms with Crippen LogP contribution in [0.3, 0.4) is 0 Å². The Morgan fingerprint density at radius 2 is 2.00 bits per heavy atom. The number of piperidine rings is 1. The number of fused-ring (bicyclic) bond motifs is 2. The lowest BCUT2D eigenvalue weighted by molar-refractivity contribution is 0.0923. The fourth-order valence-electron chi connectivity index (χ4n) is 3.58. The second-order valence-corrected chi connectivity index (χ2v) is 7.06. The Hall–Kier alpha value is -0.980. The molecule has 1 aromatic rings. The zero-order valence-corrected chi connectivity index (χ0v) is 16.3. The molecule has 5 nitrogen and oxygen atoms in total. The molecule has 3 rings (SSSR count). The molecule has 1 aromatic carbocycles. The van der Waals surface area contributed by atoms with E-state index in [0.717, 1.165) is 17.3 Å². The van der Waals surface area contributed by atoms with Crippen LogP contribution in [0.15, 0.2) is 16.6 Å². The first-order valence-electron chi connectivity index (χ1n) is 8.18. The molecule has 7 heteroatoms. The Balaban J connectivity index is 0.00000208. The summed E-state index contributed by atoms with van der Waals surface area (Å²) in [6.07, 6.45) is 4.47. The van der Waals surface area contributed by atoms with E-state index in [4.69, 9.17) is 9.47 Å². The van der Waals surface area contributed by atoms with Gasteiger partial charge in [-0.25, -0.2) is 0 Å². The van der Waals surface area contributed by atoms with Crippen LogP contribution in [0.25, 0.3) is 0 Å². The Morgan fingerprint density at radius 3 is 2.58 bits per heavy atom. The average molecular weight is 420 g/mol. The van der Waals surface area contributed by atoms with Crippen molar-refractivity contribution in [2.45, 2.75) is 50.7 Å². The van der Waals surface area contributed by atoms with E-state index in [1.807, 2.05) is 6.92 Å². The first-order valence-corrected chi connectivity index (χ1v) is 8.97. The van der Waals surface area contributed by atoms with Crippen molar-refractivity contribution < 1.29 is 14.3 Å². The van der Waals surface area contributed by atoms with E-state index in [0.29, 0.717) is 35.8 Å². The molecule has 2 aliphatic rings. The minimum absolute atomic E-state index is 0. The van der Waals surface area contributed by atoms with Gasteiger partial charge in [-0.1, -0.05) is 0 Å². The number of halogens is 2. The lowest BCUT2D eigenvalue weighted by Gasteiger charge is -2.29. The molecule has 2 atom stereocenters. The number of benzene rings is 1. The van der Waals surface area contributed by atoms with Gasteiger partial charge in [0.1, 0.15) is 0 Å². The Bertz CT molecular complexity index is 587. The van der Waals surface area contributed by atoms with Crippen LogP contribution in [0.2, 0.25) is 0 Å². The van der Waals surface area contributed by atoms with Crippen molar-refractivity contribution in [1.29, 1.82) is 0 Å². The van der Waals surface area contributed by atoms with Crippen LogP contribution in [-0.2, 0) is 0 Å². The first kappa shape index (κ1) is 19.3. The van der Waals surface area contributed by atoms with Crippen molar-refractivity contribution in [3.05, 3.63) is 22.2 Å². The highest BCUT2D eigenvalue weighted by Crippen LogP contribution is 2.36. The molecular formula is C17H24BrClN2O3. The number of hydrogen-bond acceptors (Lipinski definition) is 4. The molecule has 0 aromatic heterocycles. The molecule has 1 amide bonds. The van der Waals surface area contributed by atoms with Crippen LogP contribution in [-0.4, -0.2) is 37.7 Å². The Labute approximate surface area is 157 Å². The Morgan fingerprint density at radius 1 is 1.33 bits per heavy atom. The zero-order valence-electron chi connectivity index (χ0n) is 13.9. The highest BCUT2D eigenvalue weighted by Gasteiger charge is 2.34. The minimum Gasteiger partial charge on any atom is -0.493 e. The van der Waals surface area contributed by atoms with Crippen LogP contribution in [0.5, 0.6) is 11.5 Å². The zero-order chi connectivity index (χ0) is 16.4. The molecule has 2 heterocycles. The van der Waals surface area contributed by atoms with Gasteiger partial charge in [0.15, 0.2) is 11.5 Å². The number of rotatable bonds is 5. The van der Waals surface area contributed by atoms with Crippen molar-refractivity contribution in [3.8, 4) is 11.5 Å². The summed E-state index contributed by atoms with van der Waals surface area (Å²) < 4.78 is 11.7. The topological polar surface area (TPSA) is 59.6 Å². The second kappa shape index (κ2) is 8.41. The van der Waals surface area contributed by atoms with E-state index < -0.39 is 0 Å². The fraction of sp³-hybridized carbons (Fsp3) is 0.588. The maximum absolute atomic E-state index is 12.6. The smallest absolute Gasteiger partial charge is 0.251 e. The van der Waals surface area contributed by atoms with Crippen molar-refractivity contribution in [1.82, 2.24) is 10.6 Å². The molecule has 2 bridgehead atoms. The number of nitrogens with one attached hydrogen (secondary N) is 2. The quantitative estimate of drug-likeness (QED) is 0.769. The summed E-state index contributed by atoms with van der Waals surface area (Å²) in [5, 5.41) is 6.76. The van der Waals surface area contributed by atoms with Crippen molar-refractivity contribution in [2.24, 2.45) is 0 Å². The molecule has 0 spiro atoms. The van der Waals surface area contributed by atoms with E-state index in [-0.39, 0.29) is 24.4 Å². The highest BCUT2D eigenvalue weighted by molar-refractivity contribution is 9.10. The van der Waals surface area contributed by atoms with Crippen LogP contribution in [0.1, 0.15) is 43.0 Å². The number of carbonyl (C=O) groups excluding carboxylic acids is 1. The van der Waals surface area contributed by atoms with Crippen molar-refractivity contribution >= 4 is 34.2 Å². The molecule has 2 saturated heterocycles. The van der Waals surface area contributed by atoms with Gasteiger partial charge in [0.25, 0.3) is 5.91 Å². The standard InChI is InChI=1S/C17H23BrN2O3.ClH/c1-3-23-16-14(18)6-10(7-15(16)22-2)17(21)20-13-8-11-4-5-12(9-13)19-11;/h6-7,11-13,19H,3-5,8-9H2,1-2H3,(H,20,21);1H. The summed E-state index contributed by atoms with van der Waals surface area (Å²) in [5.74, 6) is 1.14. The van der Waals surface area contributed by atoms with E-state index >= 15 is 0 Å². The molecule has 0 saturated carbocycles. The summed E-state index contributed by atoms with van der Waals surface area (Å²) in [4.78, 5) is 12.6. The van der Waals surface area contributed by atoms with Crippen LogP contribution in [0.4, 0.5) is 0 Å². The molecule has 2 unspecified atom stereocenters. The van der Waals surface area contributed by atoms with E-state index in [1.165, 1.54) is 12.8 Å². The summed E-state index contributed by atoms with van der Waals surface area (Å²) in [6.45, 7) is 2.45. The monoisotopic (exact) mass is 418 g/mol. The number of carbonyl (C=O) groups is 1. The minimum atomic E-state index is -0.0571. The predicted octanol–water partition coefficient (Wildman–Crippen LogP) is 3.29. The van der Waals surface area contributed by atoms with Gasteiger partial charge in [0.2, 0.25) is 0 Å². The molecule has 2 N–H and O–H groups in total. The van der Waals surface area contributed by atoms with Gasteiger partial charge in [-0.15, -0.1) is 12.4 Å². The maximum Gasteiger partial charge on any atom is 0.251 e. The van der Waals surface area contributed by atoms with E-state index in [9.17, 15) is 4.79 Å². The SMILES string of the molecule is CCOc1c(Br)cc(C(=O)NC2CC3CCC(C2)N3)cc1OC.Cl. The van der Waals surface area contributed by atoms with Crippen molar-refractivity contribution in [2.75, 3.05) is 13.7 Å². The third kappa shape index (κ3) is 4.16. The summed E-state index contributed by atoms with van der Waals surface area (Å²) >= 11 is 3.47. The van der Waals surface area contributed by atoms with Gasteiger partial charge < -0.3 is 20.1 Å². The van der Waals surface area contributed by atoms with E-state index in [1.54, 1.807) is 19.2 Å². The predicted molar refractivity (Wildman–Crippen MR) is 99.5 cm³/mol. The molecule has 2 fully saturated rings. The molecular weight excluding hydrogens is 396 g/mol. The largest absolute Gasteiger partial charge is 0.493 e. The second-order valence-electron chi connectivity index (χ2n) is 6.20. The highest BCUT2D eigenvalue weighted by atomic mass is 79.9. The molecule has 134 valence electrons. The normalized spacial score (nSPS) is 24.9. The van der Waals surface area contributed by atoms with Gasteiger partial charge >= 0.3 is 0 Å². The van der Waals surface area contributed by atoms with E-state index in [2.05, 4.69) is 26.6 Å². The molecule has 0 aliphatic carbocycles. The van der Waals surface area contributed by atoms with Gasteiger partial charge in [-0.2, -0.15) is 0 Å².